The van der Waals surface area contributed by atoms with Crippen LogP contribution in [0.1, 0.15) is 5.56 Å². The van der Waals surface area contributed by atoms with Gasteiger partial charge < -0.3 is 5.21 Å². The summed E-state index contributed by atoms with van der Waals surface area (Å²) >= 11 is 5.67. The molecule has 0 fully saturated rings. The van der Waals surface area contributed by atoms with E-state index in [1.54, 1.807) is 24.3 Å². The molecule has 1 rings (SSSR count). The molecule has 0 heterocycles. The van der Waals surface area contributed by atoms with Gasteiger partial charge in [-0.2, -0.15) is 0 Å². The number of hydrogen-bond donors (Lipinski definition) is 1. The summed E-state index contributed by atoms with van der Waals surface area (Å²) in [4.78, 5) is 0. The minimum absolute atomic E-state index is 0.106. The van der Waals surface area contributed by atoms with Crippen molar-refractivity contribution in [2.75, 3.05) is 12.0 Å². The van der Waals surface area contributed by atoms with Gasteiger partial charge in [0.1, 0.15) is 5.71 Å². The monoisotopic (exact) mass is 247 g/mol. The lowest BCUT2D eigenvalue weighted by Crippen LogP contribution is -2.15. The van der Waals surface area contributed by atoms with E-state index in [-0.39, 0.29) is 11.5 Å². The molecule has 0 atom stereocenters. The molecule has 0 saturated heterocycles. The van der Waals surface area contributed by atoms with Gasteiger partial charge >= 0.3 is 0 Å². The highest BCUT2D eigenvalue weighted by Crippen LogP contribution is 2.11. The first-order valence-electron chi connectivity index (χ1n) is 4.07. The fourth-order valence-electron chi connectivity index (χ4n) is 1.06. The van der Waals surface area contributed by atoms with Crippen molar-refractivity contribution in [3.05, 3.63) is 34.9 Å². The van der Waals surface area contributed by atoms with E-state index in [1.165, 1.54) is 0 Å². The summed E-state index contributed by atoms with van der Waals surface area (Å²) in [7, 11) is -3.22. The lowest BCUT2D eigenvalue weighted by atomic mass is 10.1. The summed E-state index contributed by atoms with van der Waals surface area (Å²) < 4.78 is 22.0. The predicted molar refractivity (Wildman–Crippen MR) is 59.5 cm³/mol. The maximum Gasteiger partial charge on any atom is 0.153 e. The van der Waals surface area contributed by atoms with Crippen molar-refractivity contribution in [1.29, 1.82) is 0 Å². The van der Waals surface area contributed by atoms with Gasteiger partial charge in [0.2, 0.25) is 0 Å². The normalized spacial score (nSPS) is 12.8. The Morgan fingerprint density at radius 3 is 2.33 bits per heavy atom. The Morgan fingerprint density at radius 2 is 1.93 bits per heavy atom. The van der Waals surface area contributed by atoms with E-state index in [1.807, 2.05) is 0 Å². The lowest BCUT2D eigenvalue weighted by molar-refractivity contribution is 0.319. The van der Waals surface area contributed by atoms with E-state index in [2.05, 4.69) is 5.16 Å². The first-order chi connectivity index (χ1) is 6.92. The molecule has 0 unspecified atom stereocenters. The number of nitrogens with zero attached hydrogens (tertiary/aromatic N) is 1. The fourth-order valence-corrected chi connectivity index (χ4v) is 1.91. The molecule has 0 bridgehead atoms. The van der Waals surface area contributed by atoms with Crippen LogP contribution >= 0.6 is 11.6 Å². The van der Waals surface area contributed by atoms with Gasteiger partial charge in [0.05, 0.1) is 5.75 Å². The van der Waals surface area contributed by atoms with Gasteiger partial charge in [-0.1, -0.05) is 28.9 Å². The third-order valence-corrected chi connectivity index (χ3v) is 2.75. The smallest absolute Gasteiger partial charge is 0.153 e. The molecule has 0 amide bonds. The Hall–Kier alpha value is -1.07. The van der Waals surface area contributed by atoms with E-state index in [0.29, 0.717) is 10.6 Å². The molecule has 1 N–H and O–H groups in total. The van der Waals surface area contributed by atoms with Crippen LogP contribution in [-0.2, 0) is 9.84 Å². The molecule has 4 nitrogen and oxygen atoms in total. The highest BCUT2D eigenvalue weighted by atomic mass is 35.5. The number of benzene rings is 1. The van der Waals surface area contributed by atoms with Crippen LogP contribution in [0, 0.1) is 0 Å². The summed E-state index contributed by atoms with van der Waals surface area (Å²) in [6, 6.07) is 6.40. The SMILES string of the molecule is CS(=O)(=O)C/C(=N/O)c1ccc(Cl)cc1. The minimum Gasteiger partial charge on any atom is -0.411 e. The number of sulfone groups is 1. The second-order valence-corrected chi connectivity index (χ2v) is 5.70. The molecule has 0 aromatic heterocycles. The third-order valence-electron chi connectivity index (χ3n) is 1.70. The van der Waals surface area contributed by atoms with Crippen molar-refractivity contribution in [3.8, 4) is 0 Å². The van der Waals surface area contributed by atoms with Gasteiger partial charge in [-0.3, -0.25) is 0 Å². The Kier molecular flexibility index (Phi) is 3.71. The highest BCUT2D eigenvalue weighted by molar-refractivity contribution is 7.91. The first-order valence-corrected chi connectivity index (χ1v) is 6.51. The largest absolute Gasteiger partial charge is 0.411 e. The molecular formula is C9H10ClNO3S. The topological polar surface area (TPSA) is 66.7 Å². The molecule has 82 valence electrons. The average molecular weight is 248 g/mol. The molecular weight excluding hydrogens is 238 g/mol. The van der Waals surface area contributed by atoms with Crippen molar-refractivity contribution >= 4 is 27.1 Å². The van der Waals surface area contributed by atoms with Crippen molar-refractivity contribution in [2.45, 2.75) is 0 Å². The molecule has 6 heteroatoms. The third kappa shape index (κ3) is 3.89. The number of hydrogen-bond acceptors (Lipinski definition) is 4. The van der Waals surface area contributed by atoms with Crippen LogP contribution in [0.2, 0.25) is 5.02 Å². The lowest BCUT2D eigenvalue weighted by Gasteiger charge is -2.02. The van der Waals surface area contributed by atoms with Crippen LogP contribution in [-0.4, -0.2) is 31.3 Å². The van der Waals surface area contributed by atoms with Crippen LogP contribution in [0.4, 0.5) is 0 Å². The molecule has 0 spiro atoms. The van der Waals surface area contributed by atoms with Gasteiger partial charge in [0.25, 0.3) is 0 Å². The zero-order chi connectivity index (χ0) is 11.5. The fraction of sp³-hybridized carbons (Fsp3) is 0.222. The van der Waals surface area contributed by atoms with Gasteiger partial charge in [-0.15, -0.1) is 0 Å². The van der Waals surface area contributed by atoms with Crippen LogP contribution in [0.3, 0.4) is 0 Å². The van der Waals surface area contributed by atoms with Crippen LogP contribution < -0.4 is 0 Å². The van der Waals surface area contributed by atoms with E-state index < -0.39 is 9.84 Å². The van der Waals surface area contributed by atoms with Gasteiger partial charge in [0, 0.05) is 16.8 Å². The molecule has 0 saturated carbocycles. The second-order valence-electron chi connectivity index (χ2n) is 3.12. The number of halogens is 1. The number of rotatable bonds is 3. The predicted octanol–water partition coefficient (Wildman–Crippen LogP) is 1.56. The Balaban J connectivity index is 3.00. The van der Waals surface area contributed by atoms with Crippen molar-refractivity contribution in [1.82, 2.24) is 0 Å². The van der Waals surface area contributed by atoms with E-state index in [4.69, 9.17) is 16.8 Å². The van der Waals surface area contributed by atoms with Crippen molar-refractivity contribution in [2.24, 2.45) is 5.16 Å². The quantitative estimate of drug-likeness (QED) is 0.501. The van der Waals surface area contributed by atoms with E-state index in [9.17, 15) is 8.42 Å². The second kappa shape index (κ2) is 4.63. The summed E-state index contributed by atoms with van der Waals surface area (Å²) in [5.41, 5.74) is 0.640. The molecule has 0 aliphatic heterocycles. The highest BCUT2D eigenvalue weighted by Gasteiger charge is 2.11. The maximum absolute atomic E-state index is 11.0. The summed E-state index contributed by atoms with van der Waals surface area (Å²) in [5.74, 6) is -0.300. The first kappa shape index (κ1) is 12.0. The maximum atomic E-state index is 11.0. The number of oxime groups is 1. The summed E-state index contributed by atoms with van der Waals surface area (Å²) in [6.07, 6.45) is 1.08. The molecule has 1 aromatic carbocycles. The zero-order valence-electron chi connectivity index (χ0n) is 8.01. The minimum atomic E-state index is -3.22. The standard InChI is InChI=1S/C9H10ClNO3S/c1-15(13,14)6-9(11-12)7-2-4-8(10)5-3-7/h2-5,12H,6H2,1H3/b11-9-. The Labute approximate surface area is 93.1 Å². The van der Waals surface area contributed by atoms with Gasteiger partial charge in [0.15, 0.2) is 9.84 Å². The van der Waals surface area contributed by atoms with E-state index >= 15 is 0 Å². The van der Waals surface area contributed by atoms with Crippen molar-refractivity contribution in [3.63, 3.8) is 0 Å². The molecule has 15 heavy (non-hydrogen) atoms. The Bertz CT molecular complexity index is 465. The molecule has 1 aromatic rings. The summed E-state index contributed by atoms with van der Waals surface area (Å²) in [6.45, 7) is 0. The average Bonchev–Trinajstić information content (AvgIpc) is 2.14. The molecule has 0 aliphatic rings. The Morgan fingerprint density at radius 1 is 1.40 bits per heavy atom. The zero-order valence-corrected chi connectivity index (χ0v) is 9.59. The van der Waals surface area contributed by atoms with E-state index in [0.717, 1.165) is 6.26 Å². The summed E-state index contributed by atoms with van der Waals surface area (Å²) in [5, 5.41) is 12.2. The molecule has 0 radical (unpaired) electrons. The van der Waals surface area contributed by atoms with Gasteiger partial charge in [-0.25, -0.2) is 8.42 Å². The molecule has 0 aliphatic carbocycles. The van der Waals surface area contributed by atoms with Crippen LogP contribution in [0.25, 0.3) is 0 Å². The van der Waals surface area contributed by atoms with Gasteiger partial charge in [-0.05, 0) is 12.1 Å². The van der Waals surface area contributed by atoms with Crippen molar-refractivity contribution < 1.29 is 13.6 Å². The van der Waals surface area contributed by atoms with Crippen LogP contribution in [0.15, 0.2) is 29.4 Å². The van der Waals surface area contributed by atoms with Crippen LogP contribution in [0.5, 0.6) is 0 Å².